The number of nitrogens with zero attached hydrogens (tertiary/aromatic N) is 4. The molecule has 0 saturated carbocycles. The molecule has 8 nitrogen and oxygen atoms in total. The highest BCUT2D eigenvalue weighted by Crippen LogP contribution is 2.23. The lowest BCUT2D eigenvalue weighted by Gasteiger charge is -2.26. The fraction of sp³-hybridized carbons (Fsp3) is 0.421. The largest absolute Gasteiger partial charge is 0.497 e. The smallest absolute Gasteiger partial charge is 0.345 e. The molecule has 142 valence electrons. The second-order valence-corrected chi connectivity index (χ2v) is 7.01. The van der Waals surface area contributed by atoms with Gasteiger partial charge in [0.15, 0.2) is 0 Å². The molecule has 1 N–H and O–H groups in total. The van der Waals surface area contributed by atoms with Crippen LogP contribution in [0.1, 0.15) is 29.2 Å². The lowest BCUT2D eigenvalue weighted by Crippen LogP contribution is -2.38. The van der Waals surface area contributed by atoms with Crippen molar-refractivity contribution in [1.82, 2.24) is 24.2 Å². The van der Waals surface area contributed by atoms with Crippen molar-refractivity contribution in [1.29, 1.82) is 0 Å². The standard InChI is InChI=1S/C19H23N5O3/c1-22(13-5-7-17-21-23(2)19(26)24(17)9-8-13)18(25)16-10-12-4-6-14(27-3)11-15(12)20-16/h4,6,10-11,13,20H,5,7-9H2,1-3H3. The first-order chi connectivity index (χ1) is 13.0. The Hall–Kier alpha value is -3.03. The van der Waals surface area contributed by atoms with Crippen LogP contribution in [0.15, 0.2) is 29.1 Å². The van der Waals surface area contributed by atoms with Crippen LogP contribution >= 0.6 is 0 Å². The van der Waals surface area contributed by atoms with E-state index < -0.39 is 0 Å². The van der Waals surface area contributed by atoms with Crippen LogP contribution in [0.5, 0.6) is 5.75 Å². The second-order valence-electron chi connectivity index (χ2n) is 7.01. The molecule has 1 aromatic carbocycles. The van der Waals surface area contributed by atoms with E-state index >= 15 is 0 Å². The third-order valence-corrected chi connectivity index (χ3v) is 5.40. The van der Waals surface area contributed by atoms with E-state index in [1.54, 1.807) is 23.6 Å². The van der Waals surface area contributed by atoms with E-state index in [0.29, 0.717) is 18.7 Å². The van der Waals surface area contributed by atoms with Crippen LogP contribution in [0.25, 0.3) is 10.9 Å². The maximum absolute atomic E-state index is 13.0. The second kappa shape index (κ2) is 6.61. The van der Waals surface area contributed by atoms with Gasteiger partial charge in [-0.1, -0.05) is 0 Å². The van der Waals surface area contributed by atoms with Crippen LogP contribution in [0.3, 0.4) is 0 Å². The molecular formula is C19H23N5O3. The van der Waals surface area contributed by atoms with Crippen LogP contribution in [0.4, 0.5) is 0 Å². The minimum atomic E-state index is -0.0933. The Morgan fingerprint density at radius 1 is 1.33 bits per heavy atom. The van der Waals surface area contributed by atoms with Crippen molar-refractivity contribution in [2.24, 2.45) is 7.05 Å². The highest BCUT2D eigenvalue weighted by Gasteiger charge is 2.26. The maximum Gasteiger partial charge on any atom is 0.345 e. The summed E-state index contributed by atoms with van der Waals surface area (Å²) in [5.41, 5.74) is 1.33. The van der Waals surface area contributed by atoms with Crippen LogP contribution in [0, 0.1) is 0 Å². The van der Waals surface area contributed by atoms with Crippen LogP contribution < -0.4 is 10.4 Å². The molecule has 1 aliphatic heterocycles. The van der Waals surface area contributed by atoms with Gasteiger partial charge in [0.25, 0.3) is 5.91 Å². The number of methoxy groups -OCH3 is 1. The summed E-state index contributed by atoms with van der Waals surface area (Å²) >= 11 is 0. The normalized spacial score (nSPS) is 16.8. The topological polar surface area (TPSA) is 85.2 Å². The Morgan fingerprint density at radius 2 is 2.15 bits per heavy atom. The Bertz CT molecular complexity index is 1060. The van der Waals surface area contributed by atoms with Crippen molar-refractivity contribution in [3.8, 4) is 5.75 Å². The van der Waals surface area contributed by atoms with Crippen molar-refractivity contribution in [2.75, 3.05) is 14.2 Å². The number of H-pyrrole nitrogens is 1. The number of hydrogen-bond donors (Lipinski definition) is 1. The number of amides is 1. The summed E-state index contributed by atoms with van der Waals surface area (Å²) in [4.78, 5) is 30.1. The summed E-state index contributed by atoms with van der Waals surface area (Å²) in [6.45, 7) is 0.578. The van der Waals surface area contributed by atoms with Gasteiger partial charge in [0.1, 0.15) is 17.3 Å². The first-order valence-corrected chi connectivity index (χ1v) is 9.04. The molecule has 0 aliphatic carbocycles. The number of hydrogen-bond acceptors (Lipinski definition) is 4. The number of aromatic amines is 1. The number of carbonyl (C=O) groups is 1. The number of fused-ring (bicyclic) bond motifs is 2. The molecule has 0 spiro atoms. The number of nitrogens with one attached hydrogen (secondary N) is 1. The molecule has 1 unspecified atom stereocenters. The van der Waals surface area contributed by atoms with Crippen molar-refractivity contribution >= 4 is 16.8 Å². The number of aromatic nitrogens is 4. The molecule has 0 saturated heterocycles. The number of rotatable bonds is 3. The quantitative estimate of drug-likeness (QED) is 0.759. The summed E-state index contributed by atoms with van der Waals surface area (Å²) in [5, 5.41) is 5.27. The van der Waals surface area contributed by atoms with Crippen LogP contribution in [-0.2, 0) is 20.0 Å². The van der Waals surface area contributed by atoms with E-state index in [9.17, 15) is 9.59 Å². The number of aryl methyl sites for hydroxylation is 2. The third kappa shape index (κ3) is 3.01. The average Bonchev–Trinajstić information content (AvgIpc) is 3.13. The van der Waals surface area contributed by atoms with Gasteiger partial charge >= 0.3 is 5.69 Å². The molecule has 1 atom stereocenters. The lowest BCUT2D eigenvalue weighted by atomic mass is 10.1. The highest BCUT2D eigenvalue weighted by atomic mass is 16.5. The van der Waals surface area contributed by atoms with Gasteiger partial charge in [-0.3, -0.25) is 9.36 Å². The first kappa shape index (κ1) is 17.4. The summed E-state index contributed by atoms with van der Waals surface area (Å²) in [5.74, 6) is 1.49. The summed E-state index contributed by atoms with van der Waals surface area (Å²) in [6, 6.07) is 7.62. The molecule has 0 fully saturated rings. The van der Waals surface area contributed by atoms with Gasteiger partial charge in [-0.05, 0) is 31.0 Å². The first-order valence-electron chi connectivity index (χ1n) is 9.04. The average molecular weight is 369 g/mol. The molecule has 3 heterocycles. The zero-order chi connectivity index (χ0) is 19.1. The zero-order valence-corrected chi connectivity index (χ0v) is 15.7. The molecule has 1 amide bonds. The minimum Gasteiger partial charge on any atom is -0.497 e. The van der Waals surface area contributed by atoms with Gasteiger partial charge in [0, 0.05) is 50.1 Å². The van der Waals surface area contributed by atoms with Crippen LogP contribution in [0.2, 0.25) is 0 Å². The van der Waals surface area contributed by atoms with Crippen molar-refractivity contribution in [2.45, 2.75) is 31.8 Å². The van der Waals surface area contributed by atoms with E-state index in [1.807, 2.05) is 31.3 Å². The van der Waals surface area contributed by atoms with Crippen molar-refractivity contribution in [3.63, 3.8) is 0 Å². The number of benzene rings is 1. The SMILES string of the molecule is COc1ccc2cc(C(=O)N(C)C3CCc4nn(C)c(=O)n4CC3)[nH]c2c1. The Kier molecular flexibility index (Phi) is 4.25. The molecule has 8 heteroatoms. The van der Waals surface area contributed by atoms with Gasteiger partial charge in [-0.25, -0.2) is 9.48 Å². The van der Waals surface area contributed by atoms with Gasteiger partial charge in [0.2, 0.25) is 0 Å². The molecule has 1 aliphatic rings. The van der Waals surface area contributed by atoms with E-state index in [2.05, 4.69) is 10.1 Å². The molecule has 27 heavy (non-hydrogen) atoms. The number of carbonyl (C=O) groups excluding carboxylic acids is 1. The van der Waals surface area contributed by atoms with Gasteiger partial charge in [-0.15, -0.1) is 0 Å². The van der Waals surface area contributed by atoms with Crippen molar-refractivity contribution < 1.29 is 9.53 Å². The van der Waals surface area contributed by atoms with E-state index in [4.69, 9.17) is 4.74 Å². The van der Waals surface area contributed by atoms with Gasteiger partial charge in [0.05, 0.1) is 7.11 Å². The Balaban J connectivity index is 1.53. The highest BCUT2D eigenvalue weighted by molar-refractivity contribution is 5.98. The molecule has 0 radical (unpaired) electrons. The van der Waals surface area contributed by atoms with E-state index in [-0.39, 0.29) is 17.6 Å². The fourth-order valence-electron chi connectivity index (χ4n) is 3.77. The summed E-state index contributed by atoms with van der Waals surface area (Å²) in [6.07, 6.45) is 2.20. The predicted octanol–water partition coefficient (Wildman–Crippen LogP) is 1.55. The molecule has 4 rings (SSSR count). The monoisotopic (exact) mass is 369 g/mol. The van der Waals surface area contributed by atoms with E-state index in [1.165, 1.54) is 4.68 Å². The molecule has 3 aromatic rings. The summed E-state index contributed by atoms with van der Waals surface area (Å²) in [7, 11) is 5.11. The van der Waals surface area contributed by atoms with Crippen LogP contribution in [-0.4, -0.2) is 50.3 Å². The molecule has 0 bridgehead atoms. The number of ether oxygens (including phenoxy) is 1. The zero-order valence-electron chi connectivity index (χ0n) is 15.7. The third-order valence-electron chi connectivity index (χ3n) is 5.40. The van der Waals surface area contributed by atoms with E-state index in [0.717, 1.165) is 35.3 Å². The Labute approximate surface area is 156 Å². The molecule has 2 aromatic heterocycles. The van der Waals surface area contributed by atoms with Gasteiger partial charge < -0.3 is 14.6 Å². The Morgan fingerprint density at radius 3 is 2.93 bits per heavy atom. The maximum atomic E-state index is 13.0. The van der Waals surface area contributed by atoms with Gasteiger partial charge in [-0.2, -0.15) is 5.10 Å². The predicted molar refractivity (Wildman–Crippen MR) is 101 cm³/mol. The minimum absolute atomic E-state index is 0.0531. The lowest BCUT2D eigenvalue weighted by molar-refractivity contribution is 0.0711. The fourth-order valence-corrected chi connectivity index (χ4v) is 3.77. The molecular weight excluding hydrogens is 346 g/mol. The summed E-state index contributed by atoms with van der Waals surface area (Å²) < 4.78 is 8.33. The van der Waals surface area contributed by atoms with Crippen molar-refractivity contribution in [3.05, 3.63) is 46.3 Å².